The number of nitrogens with zero attached hydrogens (tertiary/aromatic N) is 3. The molecule has 0 saturated heterocycles. The maximum absolute atomic E-state index is 5.83. The maximum Gasteiger partial charge on any atom is 0.134 e. The van der Waals surface area contributed by atoms with Gasteiger partial charge in [0, 0.05) is 25.9 Å². The number of aryl methyl sites for hydroxylation is 1. The van der Waals surface area contributed by atoms with Gasteiger partial charge in [0.15, 0.2) is 0 Å². The van der Waals surface area contributed by atoms with Crippen molar-refractivity contribution < 1.29 is 0 Å². The number of aromatic nitrogens is 3. The van der Waals surface area contributed by atoms with E-state index in [9.17, 15) is 0 Å². The Morgan fingerprint density at radius 3 is 3.00 bits per heavy atom. The zero-order valence-electron chi connectivity index (χ0n) is 11.2. The van der Waals surface area contributed by atoms with E-state index >= 15 is 0 Å². The Labute approximate surface area is 122 Å². The van der Waals surface area contributed by atoms with Gasteiger partial charge in [-0.2, -0.15) is 0 Å². The van der Waals surface area contributed by atoms with Gasteiger partial charge in [0.25, 0.3) is 0 Å². The van der Waals surface area contributed by atoms with Crippen molar-refractivity contribution in [2.75, 3.05) is 11.9 Å². The number of rotatable bonds is 4. The molecule has 0 aliphatic heterocycles. The average molecular weight is 287 g/mol. The Hall–Kier alpha value is -2.07. The number of nitrogens with one attached hydrogen (secondary N) is 1. The summed E-state index contributed by atoms with van der Waals surface area (Å²) >= 11 is 5.83. The van der Waals surface area contributed by atoms with Crippen LogP contribution in [0, 0.1) is 0 Å². The van der Waals surface area contributed by atoms with Gasteiger partial charge in [0.1, 0.15) is 17.3 Å². The highest BCUT2D eigenvalue weighted by molar-refractivity contribution is 6.29. The average Bonchev–Trinajstić information content (AvgIpc) is 2.82. The molecule has 0 aliphatic carbocycles. The predicted octanol–water partition coefficient (Wildman–Crippen LogP) is 3.28. The first-order chi connectivity index (χ1) is 9.74. The van der Waals surface area contributed by atoms with Crippen molar-refractivity contribution in [3.63, 3.8) is 0 Å². The molecule has 1 N–H and O–H groups in total. The van der Waals surface area contributed by atoms with Crippen LogP contribution < -0.4 is 5.32 Å². The highest BCUT2D eigenvalue weighted by atomic mass is 35.5. The van der Waals surface area contributed by atoms with Gasteiger partial charge < -0.3 is 9.88 Å². The van der Waals surface area contributed by atoms with Crippen LogP contribution in [0.2, 0.25) is 5.15 Å². The number of anilines is 1. The Morgan fingerprint density at radius 1 is 1.25 bits per heavy atom. The number of fused-ring (bicyclic) bond motifs is 1. The highest BCUT2D eigenvalue weighted by Crippen LogP contribution is 2.20. The number of para-hydroxylation sites is 1. The molecule has 0 bridgehead atoms. The zero-order chi connectivity index (χ0) is 13.9. The van der Waals surface area contributed by atoms with Crippen molar-refractivity contribution in [1.82, 2.24) is 14.5 Å². The predicted molar refractivity (Wildman–Crippen MR) is 82.2 cm³/mol. The van der Waals surface area contributed by atoms with Crippen molar-refractivity contribution in [3.8, 4) is 0 Å². The third-order valence-electron chi connectivity index (χ3n) is 3.32. The molecule has 0 spiro atoms. The summed E-state index contributed by atoms with van der Waals surface area (Å²) in [6.07, 6.45) is 4.48. The molecular weight excluding hydrogens is 272 g/mol. The zero-order valence-corrected chi connectivity index (χ0v) is 11.9. The number of hydrogen-bond donors (Lipinski definition) is 1. The van der Waals surface area contributed by atoms with Crippen LogP contribution in [0.25, 0.3) is 10.9 Å². The van der Waals surface area contributed by atoms with Crippen LogP contribution >= 0.6 is 11.6 Å². The minimum absolute atomic E-state index is 0.451. The van der Waals surface area contributed by atoms with E-state index in [0.29, 0.717) is 5.15 Å². The van der Waals surface area contributed by atoms with E-state index in [-0.39, 0.29) is 0 Å². The summed E-state index contributed by atoms with van der Waals surface area (Å²) in [6, 6.07) is 10.3. The molecule has 0 unspecified atom stereocenters. The number of hydrogen-bond acceptors (Lipinski definition) is 3. The van der Waals surface area contributed by atoms with Crippen LogP contribution in [0.1, 0.15) is 5.56 Å². The molecule has 0 fully saturated rings. The first kappa shape index (κ1) is 12.9. The lowest BCUT2D eigenvalue weighted by Crippen LogP contribution is -2.07. The van der Waals surface area contributed by atoms with E-state index in [0.717, 1.165) is 18.8 Å². The molecule has 20 heavy (non-hydrogen) atoms. The first-order valence-electron chi connectivity index (χ1n) is 6.48. The van der Waals surface area contributed by atoms with Gasteiger partial charge in [0.2, 0.25) is 0 Å². The number of benzene rings is 1. The van der Waals surface area contributed by atoms with Gasteiger partial charge in [-0.1, -0.05) is 29.8 Å². The van der Waals surface area contributed by atoms with Crippen molar-refractivity contribution >= 4 is 28.3 Å². The molecule has 0 radical (unpaired) electrons. The van der Waals surface area contributed by atoms with Gasteiger partial charge in [-0.05, 0) is 23.4 Å². The van der Waals surface area contributed by atoms with Gasteiger partial charge >= 0.3 is 0 Å². The van der Waals surface area contributed by atoms with E-state index in [4.69, 9.17) is 11.6 Å². The molecule has 0 amide bonds. The summed E-state index contributed by atoms with van der Waals surface area (Å²) in [5, 5.41) is 4.99. The Morgan fingerprint density at radius 2 is 2.15 bits per heavy atom. The van der Waals surface area contributed by atoms with Gasteiger partial charge in [-0.3, -0.25) is 0 Å². The lowest BCUT2D eigenvalue weighted by Gasteiger charge is -2.08. The van der Waals surface area contributed by atoms with Crippen LogP contribution in [0.4, 0.5) is 5.82 Å². The molecule has 5 heteroatoms. The first-order valence-corrected chi connectivity index (χ1v) is 6.86. The van der Waals surface area contributed by atoms with Gasteiger partial charge in [0.05, 0.1) is 5.52 Å². The smallest absolute Gasteiger partial charge is 0.134 e. The molecule has 3 aromatic rings. The molecule has 4 nitrogen and oxygen atoms in total. The third kappa shape index (κ3) is 2.60. The topological polar surface area (TPSA) is 42.7 Å². The van der Waals surface area contributed by atoms with Crippen LogP contribution in [-0.2, 0) is 13.5 Å². The lowest BCUT2D eigenvalue weighted by molar-refractivity contribution is 0.941. The monoisotopic (exact) mass is 286 g/mol. The van der Waals surface area contributed by atoms with E-state index in [1.807, 2.05) is 0 Å². The maximum atomic E-state index is 5.83. The SMILES string of the molecule is Cn1ccc2cccc(CCNc3cc(Cl)ncn3)c21. The van der Waals surface area contributed by atoms with E-state index in [1.54, 1.807) is 6.07 Å². The summed E-state index contributed by atoms with van der Waals surface area (Å²) in [7, 11) is 2.07. The van der Waals surface area contributed by atoms with E-state index < -0.39 is 0 Å². The second kappa shape index (κ2) is 5.51. The fraction of sp³-hybridized carbons (Fsp3) is 0.200. The normalized spacial score (nSPS) is 10.9. The summed E-state index contributed by atoms with van der Waals surface area (Å²) < 4.78 is 2.16. The Balaban J connectivity index is 1.73. The van der Waals surface area contributed by atoms with E-state index in [2.05, 4.69) is 57.4 Å². The molecule has 2 aromatic heterocycles. The summed E-state index contributed by atoms with van der Waals surface area (Å²) in [6.45, 7) is 0.803. The summed E-state index contributed by atoms with van der Waals surface area (Å²) in [4.78, 5) is 7.99. The minimum atomic E-state index is 0.451. The van der Waals surface area contributed by atoms with Crippen LogP contribution in [0.15, 0.2) is 42.9 Å². The van der Waals surface area contributed by atoms with Crippen LogP contribution in [0.5, 0.6) is 0 Å². The molecule has 1 aromatic carbocycles. The highest BCUT2D eigenvalue weighted by Gasteiger charge is 2.04. The summed E-state index contributed by atoms with van der Waals surface area (Å²) in [5.41, 5.74) is 2.61. The summed E-state index contributed by atoms with van der Waals surface area (Å²) in [5.74, 6) is 0.754. The molecule has 2 heterocycles. The van der Waals surface area contributed by atoms with E-state index in [1.165, 1.54) is 22.8 Å². The van der Waals surface area contributed by atoms with Crippen molar-refractivity contribution in [2.24, 2.45) is 7.05 Å². The number of halogens is 1. The molecule has 3 rings (SSSR count). The van der Waals surface area contributed by atoms with Crippen molar-refractivity contribution in [2.45, 2.75) is 6.42 Å². The van der Waals surface area contributed by atoms with Gasteiger partial charge in [-0.15, -0.1) is 0 Å². The molecule has 102 valence electrons. The molecular formula is C15H15ClN4. The quantitative estimate of drug-likeness (QED) is 0.749. The fourth-order valence-corrected chi connectivity index (χ4v) is 2.55. The Kier molecular flexibility index (Phi) is 3.56. The lowest BCUT2D eigenvalue weighted by atomic mass is 10.1. The van der Waals surface area contributed by atoms with Crippen LogP contribution in [0.3, 0.4) is 0 Å². The van der Waals surface area contributed by atoms with Gasteiger partial charge in [-0.25, -0.2) is 9.97 Å². The molecule has 0 aliphatic rings. The fourth-order valence-electron chi connectivity index (χ4n) is 2.40. The Bertz CT molecular complexity index is 736. The largest absolute Gasteiger partial charge is 0.370 e. The minimum Gasteiger partial charge on any atom is -0.370 e. The van der Waals surface area contributed by atoms with Crippen LogP contribution in [-0.4, -0.2) is 21.1 Å². The second-order valence-electron chi connectivity index (χ2n) is 4.68. The second-order valence-corrected chi connectivity index (χ2v) is 5.07. The molecule has 0 atom stereocenters. The molecule has 0 saturated carbocycles. The standard InChI is InChI=1S/C15H15ClN4/c1-20-8-6-12-4-2-3-11(15(12)20)5-7-17-14-9-13(16)18-10-19-14/h2-4,6,8-10H,5,7H2,1H3,(H,17,18,19). The van der Waals surface area contributed by atoms with Crippen molar-refractivity contribution in [1.29, 1.82) is 0 Å². The van der Waals surface area contributed by atoms with Crippen molar-refractivity contribution in [3.05, 3.63) is 53.6 Å². The third-order valence-corrected chi connectivity index (χ3v) is 3.52.